The number of hydrogen-bond acceptors (Lipinski definition) is 6. The molecule has 0 atom stereocenters. The lowest BCUT2D eigenvalue weighted by molar-refractivity contribution is 0.100. The summed E-state index contributed by atoms with van der Waals surface area (Å²) in [5, 5.41) is 18.2. The van der Waals surface area contributed by atoms with Crippen molar-refractivity contribution >= 4 is 40.0 Å². The number of methoxy groups -OCH3 is 1. The first kappa shape index (κ1) is 21.7. The van der Waals surface area contributed by atoms with Crippen LogP contribution in [0.2, 0.25) is 0 Å². The Bertz CT molecular complexity index is 1120. The Balaban J connectivity index is 2.09. The van der Waals surface area contributed by atoms with Crippen LogP contribution in [0.15, 0.2) is 42.6 Å². The van der Waals surface area contributed by atoms with Gasteiger partial charge in [0.15, 0.2) is 0 Å². The minimum atomic E-state index is -1.09. The molecule has 0 fully saturated rings. The zero-order valence-corrected chi connectivity index (χ0v) is 17.4. The molecule has 162 valence electrons. The summed E-state index contributed by atoms with van der Waals surface area (Å²) < 4.78 is 5.45. The number of nitrogens with zero attached hydrogens (tertiary/aromatic N) is 1. The van der Waals surface area contributed by atoms with Crippen LogP contribution in [-0.4, -0.2) is 42.3 Å². The second kappa shape index (κ2) is 9.66. The number of aromatic nitrogens is 1. The number of aryl methyl sites for hydroxylation is 1. The molecule has 0 aliphatic carbocycles. The monoisotopic (exact) mass is 423 g/mol. The predicted molar refractivity (Wildman–Crippen MR) is 120 cm³/mol. The first-order valence-corrected chi connectivity index (χ1v) is 9.80. The summed E-state index contributed by atoms with van der Waals surface area (Å²) in [6.07, 6.45) is 1.17. The molecule has 0 bridgehead atoms. The highest BCUT2D eigenvalue weighted by atomic mass is 16.5. The topological polar surface area (TPSA) is 139 Å². The molecule has 9 nitrogen and oxygen atoms in total. The summed E-state index contributed by atoms with van der Waals surface area (Å²) in [5.74, 6) is -0.0519. The number of nitrogens with two attached hydrogens (primary N) is 1. The second-order valence-corrected chi connectivity index (χ2v) is 6.78. The SMILES string of the molecule is CCc1ccccc1Nc1c(C(N)=O)cnc2cc(OC)c(NCCNC(=O)O)cc12. The number of carbonyl (C=O) groups is 2. The molecule has 0 aliphatic heterocycles. The van der Waals surface area contributed by atoms with Crippen LogP contribution in [0.1, 0.15) is 22.8 Å². The molecule has 3 aromatic rings. The van der Waals surface area contributed by atoms with E-state index in [0.717, 1.165) is 17.7 Å². The van der Waals surface area contributed by atoms with Gasteiger partial charge in [0.05, 0.1) is 29.6 Å². The summed E-state index contributed by atoms with van der Waals surface area (Å²) in [4.78, 5) is 27.2. The molecule has 0 saturated carbocycles. The lowest BCUT2D eigenvalue weighted by atomic mass is 10.1. The Kier molecular flexibility index (Phi) is 6.76. The van der Waals surface area contributed by atoms with Gasteiger partial charge in [-0.2, -0.15) is 0 Å². The maximum Gasteiger partial charge on any atom is 0.404 e. The van der Waals surface area contributed by atoms with E-state index in [1.165, 1.54) is 13.3 Å². The molecule has 1 heterocycles. The number of primary amides is 1. The van der Waals surface area contributed by atoms with Crippen molar-refractivity contribution in [2.24, 2.45) is 5.73 Å². The lowest BCUT2D eigenvalue weighted by Gasteiger charge is -2.18. The van der Waals surface area contributed by atoms with Crippen molar-refractivity contribution in [1.29, 1.82) is 0 Å². The number of anilines is 3. The number of hydrogen-bond donors (Lipinski definition) is 5. The fraction of sp³-hybridized carbons (Fsp3) is 0.227. The van der Waals surface area contributed by atoms with Gasteiger partial charge < -0.3 is 31.5 Å². The van der Waals surface area contributed by atoms with Gasteiger partial charge in [-0.1, -0.05) is 25.1 Å². The van der Waals surface area contributed by atoms with Crippen molar-refractivity contribution in [3.8, 4) is 5.75 Å². The molecule has 2 aromatic carbocycles. The van der Waals surface area contributed by atoms with Gasteiger partial charge in [0, 0.05) is 36.4 Å². The standard InChI is InChI=1S/C22H25N5O4/c1-3-13-6-4-5-7-16(13)27-20-14-10-18(24-8-9-25-22(29)30)19(31-2)11-17(14)26-12-15(20)21(23)28/h4-7,10-12,24-25H,3,8-9H2,1-2H3,(H2,23,28)(H,26,27)(H,29,30). The number of fused-ring (bicyclic) bond motifs is 1. The highest BCUT2D eigenvalue weighted by Gasteiger charge is 2.17. The summed E-state index contributed by atoms with van der Waals surface area (Å²) in [5.41, 5.74) is 9.66. The van der Waals surface area contributed by atoms with E-state index in [1.807, 2.05) is 30.3 Å². The molecule has 31 heavy (non-hydrogen) atoms. The average molecular weight is 423 g/mol. The third-order valence-corrected chi connectivity index (χ3v) is 4.83. The van der Waals surface area contributed by atoms with Gasteiger partial charge in [-0.3, -0.25) is 9.78 Å². The van der Waals surface area contributed by atoms with Gasteiger partial charge in [-0.15, -0.1) is 0 Å². The minimum absolute atomic E-state index is 0.213. The Morgan fingerprint density at radius 3 is 2.61 bits per heavy atom. The third kappa shape index (κ3) is 4.95. The Hall–Kier alpha value is -4.01. The fourth-order valence-corrected chi connectivity index (χ4v) is 3.30. The highest BCUT2D eigenvalue weighted by molar-refractivity contribution is 6.08. The van der Waals surface area contributed by atoms with Crippen molar-refractivity contribution in [3.63, 3.8) is 0 Å². The van der Waals surface area contributed by atoms with Crippen LogP contribution < -0.4 is 26.4 Å². The maximum absolute atomic E-state index is 12.1. The number of carbonyl (C=O) groups excluding carboxylic acids is 1. The predicted octanol–water partition coefficient (Wildman–Crippen LogP) is 3.33. The Morgan fingerprint density at radius 2 is 1.94 bits per heavy atom. The van der Waals surface area contributed by atoms with Crippen LogP contribution in [0.25, 0.3) is 10.9 Å². The van der Waals surface area contributed by atoms with Crippen LogP contribution in [0.3, 0.4) is 0 Å². The molecule has 2 amide bonds. The number of ether oxygens (including phenoxy) is 1. The number of para-hydroxylation sites is 1. The molecule has 0 radical (unpaired) electrons. The van der Waals surface area contributed by atoms with Crippen molar-refractivity contribution in [2.75, 3.05) is 30.8 Å². The quantitative estimate of drug-likeness (QED) is 0.333. The molecular weight excluding hydrogens is 398 g/mol. The van der Waals surface area contributed by atoms with Crippen molar-refractivity contribution in [3.05, 3.63) is 53.7 Å². The van der Waals surface area contributed by atoms with E-state index in [4.69, 9.17) is 15.6 Å². The largest absolute Gasteiger partial charge is 0.495 e. The van der Waals surface area contributed by atoms with Gasteiger partial charge in [-0.25, -0.2) is 4.79 Å². The van der Waals surface area contributed by atoms with E-state index < -0.39 is 12.0 Å². The smallest absolute Gasteiger partial charge is 0.404 e. The Morgan fingerprint density at radius 1 is 1.16 bits per heavy atom. The lowest BCUT2D eigenvalue weighted by Crippen LogP contribution is -2.27. The number of nitrogens with one attached hydrogen (secondary N) is 3. The van der Waals surface area contributed by atoms with Crippen molar-refractivity contribution in [2.45, 2.75) is 13.3 Å². The second-order valence-electron chi connectivity index (χ2n) is 6.78. The third-order valence-electron chi connectivity index (χ3n) is 4.83. The van der Waals surface area contributed by atoms with E-state index in [0.29, 0.717) is 34.6 Å². The van der Waals surface area contributed by atoms with Crippen LogP contribution in [0.4, 0.5) is 21.9 Å². The number of amides is 2. The molecule has 0 aliphatic rings. The first-order valence-electron chi connectivity index (χ1n) is 9.80. The van der Waals surface area contributed by atoms with Crippen molar-refractivity contribution in [1.82, 2.24) is 10.3 Å². The van der Waals surface area contributed by atoms with Gasteiger partial charge in [0.2, 0.25) is 0 Å². The van der Waals surface area contributed by atoms with Crippen LogP contribution in [0, 0.1) is 0 Å². The summed E-state index contributed by atoms with van der Waals surface area (Å²) in [7, 11) is 1.54. The molecule has 6 N–H and O–H groups in total. The number of carboxylic acid groups (broad SMARTS) is 1. The van der Waals surface area contributed by atoms with E-state index in [1.54, 1.807) is 6.07 Å². The van der Waals surface area contributed by atoms with Gasteiger partial charge in [-0.05, 0) is 24.1 Å². The summed E-state index contributed by atoms with van der Waals surface area (Å²) >= 11 is 0. The van der Waals surface area contributed by atoms with Crippen LogP contribution in [0.5, 0.6) is 5.75 Å². The molecule has 1 aromatic heterocycles. The zero-order chi connectivity index (χ0) is 22.4. The molecule has 0 saturated heterocycles. The zero-order valence-electron chi connectivity index (χ0n) is 17.4. The maximum atomic E-state index is 12.1. The van der Waals surface area contributed by atoms with E-state index in [9.17, 15) is 9.59 Å². The molecule has 0 spiro atoms. The molecule has 9 heteroatoms. The average Bonchev–Trinajstić information content (AvgIpc) is 2.76. The molecule has 3 rings (SSSR count). The highest BCUT2D eigenvalue weighted by Crippen LogP contribution is 2.36. The van der Waals surface area contributed by atoms with Gasteiger partial charge in [0.1, 0.15) is 5.75 Å². The Labute approximate surface area is 179 Å². The van der Waals surface area contributed by atoms with E-state index >= 15 is 0 Å². The van der Waals surface area contributed by atoms with Gasteiger partial charge >= 0.3 is 6.09 Å². The van der Waals surface area contributed by atoms with Crippen LogP contribution in [-0.2, 0) is 6.42 Å². The fourth-order valence-electron chi connectivity index (χ4n) is 3.30. The van der Waals surface area contributed by atoms with Crippen molar-refractivity contribution < 1.29 is 19.4 Å². The molecular formula is C22H25N5O4. The van der Waals surface area contributed by atoms with Gasteiger partial charge in [0.25, 0.3) is 5.91 Å². The molecule has 0 unspecified atom stereocenters. The minimum Gasteiger partial charge on any atom is -0.495 e. The van der Waals surface area contributed by atoms with E-state index in [2.05, 4.69) is 27.9 Å². The first-order chi connectivity index (χ1) is 14.9. The van der Waals surface area contributed by atoms with Crippen LogP contribution >= 0.6 is 0 Å². The number of benzene rings is 2. The normalized spacial score (nSPS) is 10.5. The van der Waals surface area contributed by atoms with E-state index in [-0.39, 0.29) is 12.1 Å². The summed E-state index contributed by atoms with van der Waals surface area (Å²) in [6, 6.07) is 11.4. The summed E-state index contributed by atoms with van der Waals surface area (Å²) in [6.45, 7) is 2.61. The number of pyridine rings is 1. The number of rotatable bonds is 9.